The van der Waals surface area contributed by atoms with Crippen LogP contribution in [0.15, 0.2) is 0 Å². The standard InChI is InChI=1S/C10H22N4O/c11-6-2-1-5-9(12)10(15)13-14-7-3-4-8-14/h9H,1-8,11-12H2,(H,13,15)/t9-/m0/s1. The average Bonchev–Trinajstić information content (AvgIpc) is 2.70. The number of nitrogens with zero attached hydrogens (tertiary/aromatic N) is 1. The average molecular weight is 214 g/mol. The summed E-state index contributed by atoms with van der Waals surface area (Å²) in [4.78, 5) is 11.6. The minimum atomic E-state index is -0.392. The van der Waals surface area contributed by atoms with E-state index in [1.807, 2.05) is 5.01 Å². The second-order valence-corrected chi connectivity index (χ2v) is 4.06. The fraction of sp³-hybridized carbons (Fsp3) is 0.900. The van der Waals surface area contributed by atoms with Gasteiger partial charge < -0.3 is 11.5 Å². The van der Waals surface area contributed by atoms with Gasteiger partial charge in [0.05, 0.1) is 6.04 Å². The summed E-state index contributed by atoms with van der Waals surface area (Å²) in [6, 6.07) is -0.392. The summed E-state index contributed by atoms with van der Waals surface area (Å²) in [5.74, 6) is -0.0612. The number of nitrogens with two attached hydrogens (primary N) is 2. The van der Waals surface area contributed by atoms with E-state index in [1.165, 1.54) is 0 Å². The maximum atomic E-state index is 11.6. The molecule has 1 atom stereocenters. The van der Waals surface area contributed by atoms with Gasteiger partial charge in [-0.15, -0.1) is 0 Å². The zero-order chi connectivity index (χ0) is 11.1. The molecular formula is C10H22N4O. The Bertz CT molecular complexity index is 192. The van der Waals surface area contributed by atoms with Gasteiger partial charge in [-0.1, -0.05) is 6.42 Å². The predicted octanol–water partition coefficient (Wildman–Crippen LogP) is -0.430. The third-order valence-corrected chi connectivity index (χ3v) is 2.68. The lowest BCUT2D eigenvalue weighted by Crippen LogP contribution is -2.48. The van der Waals surface area contributed by atoms with E-state index in [0.29, 0.717) is 6.54 Å². The van der Waals surface area contributed by atoms with E-state index in [0.717, 1.165) is 45.2 Å². The number of rotatable bonds is 6. The van der Waals surface area contributed by atoms with E-state index in [-0.39, 0.29) is 5.91 Å². The summed E-state index contributed by atoms with van der Waals surface area (Å²) in [6.45, 7) is 2.56. The molecule has 0 spiro atoms. The molecule has 1 fully saturated rings. The monoisotopic (exact) mass is 214 g/mol. The van der Waals surface area contributed by atoms with Crippen LogP contribution in [-0.2, 0) is 4.79 Å². The smallest absolute Gasteiger partial charge is 0.251 e. The van der Waals surface area contributed by atoms with Crippen LogP contribution in [0.1, 0.15) is 32.1 Å². The molecule has 1 aliphatic heterocycles. The molecule has 0 aromatic carbocycles. The quantitative estimate of drug-likeness (QED) is 0.524. The number of nitrogens with one attached hydrogen (secondary N) is 1. The highest BCUT2D eigenvalue weighted by atomic mass is 16.2. The molecule has 1 aliphatic rings. The summed E-state index contributed by atoms with van der Waals surface area (Å²) >= 11 is 0. The molecule has 0 radical (unpaired) electrons. The highest BCUT2D eigenvalue weighted by molar-refractivity contribution is 5.80. The van der Waals surface area contributed by atoms with Crippen molar-refractivity contribution in [2.75, 3.05) is 19.6 Å². The third-order valence-electron chi connectivity index (χ3n) is 2.68. The van der Waals surface area contributed by atoms with Crippen molar-refractivity contribution < 1.29 is 4.79 Å². The fourth-order valence-electron chi connectivity index (χ4n) is 1.71. The largest absolute Gasteiger partial charge is 0.330 e. The number of unbranched alkanes of at least 4 members (excludes halogenated alkanes) is 1. The number of hydrogen-bond donors (Lipinski definition) is 3. The summed E-state index contributed by atoms with van der Waals surface area (Å²) < 4.78 is 0. The lowest BCUT2D eigenvalue weighted by molar-refractivity contribution is -0.126. The molecule has 88 valence electrons. The highest BCUT2D eigenvalue weighted by Gasteiger charge is 2.18. The van der Waals surface area contributed by atoms with Crippen LogP contribution in [0.5, 0.6) is 0 Å². The van der Waals surface area contributed by atoms with Crippen molar-refractivity contribution in [3.8, 4) is 0 Å². The molecule has 5 heteroatoms. The van der Waals surface area contributed by atoms with Gasteiger partial charge in [-0.25, -0.2) is 5.01 Å². The van der Waals surface area contributed by atoms with Gasteiger partial charge in [0.1, 0.15) is 0 Å². The van der Waals surface area contributed by atoms with Crippen LogP contribution in [-0.4, -0.2) is 36.6 Å². The normalized spacial score (nSPS) is 19.1. The highest BCUT2D eigenvalue weighted by Crippen LogP contribution is 2.04. The van der Waals surface area contributed by atoms with Crippen LogP contribution in [0, 0.1) is 0 Å². The first-order chi connectivity index (χ1) is 7.24. The Kier molecular flexibility index (Phi) is 5.60. The van der Waals surface area contributed by atoms with Gasteiger partial charge >= 0.3 is 0 Å². The van der Waals surface area contributed by atoms with Gasteiger partial charge in [0.2, 0.25) is 0 Å². The van der Waals surface area contributed by atoms with Gasteiger partial charge in [0, 0.05) is 13.1 Å². The number of carbonyl (C=O) groups excluding carboxylic acids is 1. The van der Waals surface area contributed by atoms with Gasteiger partial charge in [-0.05, 0) is 32.2 Å². The molecule has 1 rings (SSSR count). The molecule has 1 saturated heterocycles. The molecule has 0 unspecified atom stereocenters. The van der Waals surface area contributed by atoms with Gasteiger partial charge in [-0.2, -0.15) is 0 Å². The van der Waals surface area contributed by atoms with Crippen LogP contribution in [0.25, 0.3) is 0 Å². The van der Waals surface area contributed by atoms with Crippen LogP contribution >= 0.6 is 0 Å². The van der Waals surface area contributed by atoms with E-state index in [4.69, 9.17) is 11.5 Å². The second kappa shape index (κ2) is 6.76. The first kappa shape index (κ1) is 12.4. The molecule has 0 aromatic rings. The first-order valence-corrected chi connectivity index (χ1v) is 5.75. The van der Waals surface area contributed by atoms with Crippen LogP contribution in [0.3, 0.4) is 0 Å². The van der Waals surface area contributed by atoms with Crippen LogP contribution < -0.4 is 16.9 Å². The van der Waals surface area contributed by atoms with Crippen molar-refractivity contribution in [2.24, 2.45) is 11.5 Å². The third kappa shape index (κ3) is 4.59. The Morgan fingerprint density at radius 3 is 2.60 bits per heavy atom. The van der Waals surface area contributed by atoms with E-state index in [9.17, 15) is 4.79 Å². The molecule has 0 bridgehead atoms. The molecule has 5 N–H and O–H groups in total. The minimum Gasteiger partial charge on any atom is -0.330 e. The maximum absolute atomic E-state index is 11.6. The zero-order valence-corrected chi connectivity index (χ0v) is 9.24. The van der Waals surface area contributed by atoms with Crippen molar-refractivity contribution in [3.63, 3.8) is 0 Å². The topological polar surface area (TPSA) is 84.4 Å². The molecule has 1 heterocycles. The van der Waals surface area contributed by atoms with Crippen LogP contribution in [0.4, 0.5) is 0 Å². The fourth-order valence-corrected chi connectivity index (χ4v) is 1.71. The number of amides is 1. The molecular weight excluding hydrogens is 192 g/mol. The summed E-state index contributed by atoms with van der Waals surface area (Å²) in [6.07, 6.45) is 4.89. The first-order valence-electron chi connectivity index (χ1n) is 5.75. The summed E-state index contributed by atoms with van der Waals surface area (Å²) in [5.41, 5.74) is 14.0. The van der Waals surface area contributed by atoms with Crippen LogP contribution in [0.2, 0.25) is 0 Å². The van der Waals surface area contributed by atoms with Crippen molar-refractivity contribution in [2.45, 2.75) is 38.1 Å². The summed E-state index contributed by atoms with van der Waals surface area (Å²) in [5, 5.41) is 1.95. The second-order valence-electron chi connectivity index (χ2n) is 4.06. The Hall–Kier alpha value is -0.650. The Labute approximate surface area is 91.1 Å². The lowest BCUT2D eigenvalue weighted by Gasteiger charge is -2.19. The SMILES string of the molecule is NCCCC[C@H](N)C(=O)NN1CCCC1. The van der Waals surface area contributed by atoms with E-state index in [1.54, 1.807) is 0 Å². The van der Waals surface area contributed by atoms with Gasteiger partial charge in [-0.3, -0.25) is 10.2 Å². The zero-order valence-electron chi connectivity index (χ0n) is 9.24. The van der Waals surface area contributed by atoms with Crippen molar-refractivity contribution in [1.82, 2.24) is 10.4 Å². The maximum Gasteiger partial charge on any atom is 0.251 e. The Balaban J connectivity index is 2.14. The van der Waals surface area contributed by atoms with Crippen molar-refractivity contribution in [3.05, 3.63) is 0 Å². The minimum absolute atomic E-state index is 0.0612. The van der Waals surface area contributed by atoms with Crippen molar-refractivity contribution in [1.29, 1.82) is 0 Å². The Morgan fingerprint density at radius 1 is 1.33 bits per heavy atom. The number of hydrazine groups is 1. The molecule has 15 heavy (non-hydrogen) atoms. The molecule has 0 saturated carbocycles. The van der Waals surface area contributed by atoms with E-state index >= 15 is 0 Å². The number of carbonyl (C=O) groups is 1. The molecule has 0 aliphatic carbocycles. The van der Waals surface area contributed by atoms with Crippen molar-refractivity contribution >= 4 is 5.91 Å². The molecule has 5 nitrogen and oxygen atoms in total. The molecule has 1 amide bonds. The summed E-state index contributed by atoms with van der Waals surface area (Å²) in [7, 11) is 0. The Morgan fingerprint density at radius 2 is 2.00 bits per heavy atom. The number of hydrogen-bond acceptors (Lipinski definition) is 4. The lowest BCUT2D eigenvalue weighted by atomic mass is 10.1. The molecule has 0 aromatic heterocycles. The van der Waals surface area contributed by atoms with Gasteiger partial charge in [0.15, 0.2) is 0 Å². The predicted molar refractivity (Wildman–Crippen MR) is 59.8 cm³/mol. The van der Waals surface area contributed by atoms with E-state index < -0.39 is 6.04 Å². The van der Waals surface area contributed by atoms with Gasteiger partial charge in [0.25, 0.3) is 5.91 Å². The van der Waals surface area contributed by atoms with E-state index in [2.05, 4.69) is 5.43 Å².